The Balaban J connectivity index is 1.90. The molecule has 0 radical (unpaired) electrons. The first-order valence-corrected chi connectivity index (χ1v) is 6.77. The molecule has 1 unspecified atom stereocenters. The summed E-state index contributed by atoms with van der Waals surface area (Å²) >= 11 is 0. The molecule has 19 heavy (non-hydrogen) atoms. The molecule has 4 nitrogen and oxygen atoms in total. The number of aliphatic imine (C=N–C) groups is 1. The first-order chi connectivity index (χ1) is 9.04. The Kier molecular flexibility index (Phi) is 2.81. The third-order valence-corrected chi connectivity index (χ3v) is 3.84. The third kappa shape index (κ3) is 2.35. The van der Waals surface area contributed by atoms with Crippen LogP contribution in [0.2, 0.25) is 0 Å². The van der Waals surface area contributed by atoms with Gasteiger partial charge in [-0.3, -0.25) is 10.1 Å². The van der Waals surface area contributed by atoms with Gasteiger partial charge in [0.05, 0.1) is 0 Å². The van der Waals surface area contributed by atoms with E-state index in [4.69, 9.17) is 0 Å². The maximum absolute atomic E-state index is 12.1. The molecule has 0 bridgehead atoms. The Morgan fingerprint density at radius 2 is 1.84 bits per heavy atom. The number of nitrogens with zero attached hydrogens (tertiary/aromatic N) is 1. The number of nitrogens with one attached hydrogen (secondary N) is 2. The molecule has 4 heteroatoms. The molecule has 100 valence electrons. The van der Waals surface area contributed by atoms with Gasteiger partial charge in [-0.1, -0.05) is 12.1 Å². The Bertz CT molecular complexity index is 573. The first kappa shape index (κ1) is 12.2. The second-order valence-electron chi connectivity index (χ2n) is 5.58. The van der Waals surface area contributed by atoms with Crippen molar-refractivity contribution < 1.29 is 4.79 Å². The Morgan fingerprint density at radius 3 is 2.53 bits per heavy atom. The minimum Gasteiger partial charge on any atom is -0.353 e. The summed E-state index contributed by atoms with van der Waals surface area (Å²) in [7, 11) is 0. The zero-order chi connectivity index (χ0) is 13.6. The predicted molar refractivity (Wildman–Crippen MR) is 75.1 cm³/mol. The molecule has 0 aromatic heterocycles. The maximum atomic E-state index is 12.1. The van der Waals surface area contributed by atoms with Gasteiger partial charge in [0.1, 0.15) is 0 Å². The molecule has 0 spiro atoms. The van der Waals surface area contributed by atoms with Crippen LogP contribution in [0.15, 0.2) is 17.1 Å². The standard InChI is InChI=1S/C15H19N3O/c1-8-6-10(3)12(7-9(8)2)13-14(19)18-15(17-13)16-11-4-5-11/h6-7,11,13H,4-5H2,1-3H3,(H2,16,17,18,19). The van der Waals surface area contributed by atoms with Gasteiger partial charge >= 0.3 is 0 Å². The molecule has 1 aromatic rings. The highest BCUT2D eigenvalue weighted by Crippen LogP contribution is 2.27. The summed E-state index contributed by atoms with van der Waals surface area (Å²) in [6.07, 6.45) is 2.34. The van der Waals surface area contributed by atoms with Crippen molar-refractivity contribution >= 4 is 11.9 Å². The number of carbonyl (C=O) groups is 1. The van der Waals surface area contributed by atoms with Crippen LogP contribution in [0.1, 0.15) is 41.1 Å². The van der Waals surface area contributed by atoms with E-state index in [2.05, 4.69) is 41.6 Å². The SMILES string of the molecule is Cc1cc(C)c(C2N=C(NC3CC3)NC2=O)cc1C. The number of guanidine groups is 1. The van der Waals surface area contributed by atoms with Crippen LogP contribution in [0, 0.1) is 20.8 Å². The van der Waals surface area contributed by atoms with Crippen molar-refractivity contribution in [2.24, 2.45) is 4.99 Å². The van der Waals surface area contributed by atoms with E-state index in [9.17, 15) is 4.79 Å². The van der Waals surface area contributed by atoms with E-state index in [1.807, 2.05) is 6.92 Å². The first-order valence-electron chi connectivity index (χ1n) is 6.77. The van der Waals surface area contributed by atoms with Gasteiger partial charge in [-0.05, 0) is 55.9 Å². The van der Waals surface area contributed by atoms with Crippen molar-refractivity contribution in [1.29, 1.82) is 0 Å². The van der Waals surface area contributed by atoms with Crippen molar-refractivity contribution in [3.05, 3.63) is 34.4 Å². The van der Waals surface area contributed by atoms with Gasteiger partial charge in [0.2, 0.25) is 0 Å². The third-order valence-electron chi connectivity index (χ3n) is 3.84. The smallest absolute Gasteiger partial charge is 0.256 e. The van der Waals surface area contributed by atoms with Crippen LogP contribution in [-0.2, 0) is 4.79 Å². The van der Waals surface area contributed by atoms with Crippen LogP contribution in [-0.4, -0.2) is 17.9 Å². The predicted octanol–water partition coefficient (Wildman–Crippen LogP) is 1.89. The molecule has 1 aromatic carbocycles. The second kappa shape index (κ2) is 4.37. The van der Waals surface area contributed by atoms with Crippen LogP contribution in [0.3, 0.4) is 0 Å². The Hall–Kier alpha value is -1.84. The average molecular weight is 257 g/mol. The van der Waals surface area contributed by atoms with Crippen molar-refractivity contribution in [2.45, 2.75) is 45.7 Å². The average Bonchev–Trinajstić information content (AvgIpc) is 3.07. The molecule has 0 saturated heterocycles. The van der Waals surface area contributed by atoms with Gasteiger partial charge in [-0.2, -0.15) is 0 Å². The molecule has 2 aliphatic rings. The fourth-order valence-corrected chi connectivity index (χ4v) is 2.39. The van der Waals surface area contributed by atoms with Crippen LogP contribution in [0.25, 0.3) is 0 Å². The number of hydrogen-bond acceptors (Lipinski definition) is 3. The molecular weight excluding hydrogens is 238 g/mol. The van der Waals surface area contributed by atoms with Gasteiger partial charge in [0.15, 0.2) is 12.0 Å². The lowest BCUT2D eigenvalue weighted by molar-refractivity contribution is -0.120. The zero-order valence-corrected chi connectivity index (χ0v) is 11.6. The quantitative estimate of drug-likeness (QED) is 0.850. The minimum atomic E-state index is -0.402. The largest absolute Gasteiger partial charge is 0.353 e. The van der Waals surface area contributed by atoms with Crippen molar-refractivity contribution in [2.75, 3.05) is 0 Å². The maximum Gasteiger partial charge on any atom is 0.256 e. The lowest BCUT2D eigenvalue weighted by Gasteiger charge is -2.12. The second-order valence-corrected chi connectivity index (χ2v) is 5.58. The monoisotopic (exact) mass is 257 g/mol. The van der Waals surface area contributed by atoms with Crippen LogP contribution >= 0.6 is 0 Å². The highest BCUT2D eigenvalue weighted by atomic mass is 16.2. The molecule has 1 aliphatic heterocycles. The Morgan fingerprint density at radius 1 is 1.16 bits per heavy atom. The van der Waals surface area contributed by atoms with Crippen LogP contribution < -0.4 is 10.6 Å². The van der Waals surface area contributed by atoms with Gasteiger partial charge < -0.3 is 5.32 Å². The molecule has 2 N–H and O–H groups in total. The van der Waals surface area contributed by atoms with Gasteiger partial charge in [0.25, 0.3) is 5.91 Å². The summed E-state index contributed by atoms with van der Waals surface area (Å²) in [5.74, 6) is 0.602. The summed E-state index contributed by atoms with van der Waals surface area (Å²) in [6.45, 7) is 6.19. The van der Waals surface area contributed by atoms with Crippen molar-refractivity contribution in [3.63, 3.8) is 0 Å². The molecule has 1 heterocycles. The number of benzene rings is 1. The van der Waals surface area contributed by atoms with E-state index in [0.29, 0.717) is 12.0 Å². The Labute approximate surface area is 113 Å². The van der Waals surface area contributed by atoms with Crippen LogP contribution in [0.4, 0.5) is 0 Å². The van der Waals surface area contributed by atoms with E-state index in [1.165, 1.54) is 24.0 Å². The van der Waals surface area contributed by atoms with Crippen molar-refractivity contribution in [1.82, 2.24) is 10.6 Å². The van der Waals surface area contributed by atoms with Crippen molar-refractivity contribution in [3.8, 4) is 0 Å². The fourth-order valence-electron chi connectivity index (χ4n) is 2.39. The summed E-state index contributed by atoms with van der Waals surface area (Å²) in [5.41, 5.74) is 4.58. The molecule has 1 atom stereocenters. The topological polar surface area (TPSA) is 53.5 Å². The normalized spacial score (nSPS) is 22.2. The van der Waals surface area contributed by atoms with E-state index in [0.717, 1.165) is 11.1 Å². The fraction of sp³-hybridized carbons (Fsp3) is 0.467. The number of amides is 1. The lowest BCUT2D eigenvalue weighted by atomic mass is 9.96. The summed E-state index contributed by atoms with van der Waals surface area (Å²) in [4.78, 5) is 16.6. The number of carbonyl (C=O) groups excluding carboxylic acids is 1. The molecule has 1 amide bonds. The molecule has 1 fully saturated rings. The van der Waals surface area contributed by atoms with E-state index in [-0.39, 0.29) is 5.91 Å². The highest BCUT2D eigenvalue weighted by Gasteiger charge is 2.32. The van der Waals surface area contributed by atoms with E-state index in [1.54, 1.807) is 0 Å². The summed E-state index contributed by atoms with van der Waals surface area (Å²) in [5, 5.41) is 6.08. The number of aryl methyl sites for hydroxylation is 3. The molecular formula is C15H19N3O. The lowest BCUT2D eigenvalue weighted by Crippen LogP contribution is -2.37. The zero-order valence-electron chi connectivity index (χ0n) is 11.6. The molecule has 1 aliphatic carbocycles. The van der Waals surface area contributed by atoms with Gasteiger partial charge in [-0.15, -0.1) is 0 Å². The highest BCUT2D eigenvalue weighted by molar-refractivity contribution is 6.05. The van der Waals surface area contributed by atoms with Gasteiger partial charge in [0, 0.05) is 6.04 Å². The number of hydrogen-bond donors (Lipinski definition) is 2. The molecule has 1 saturated carbocycles. The van der Waals surface area contributed by atoms with Gasteiger partial charge in [-0.25, -0.2) is 4.99 Å². The van der Waals surface area contributed by atoms with Crippen LogP contribution in [0.5, 0.6) is 0 Å². The molecule has 3 rings (SSSR count). The minimum absolute atomic E-state index is 0.0329. The van der Waals surface area contributed by atoms with E-state index >= 15 is 0 Å². The summed E-state index contributed by atoms with van der Waals surface area (Å²) < 4.78 is 0. The number of rotatable bonds is 2. The summed E-state index contributed by atoms with van der Waals surface area (Å²) in [6, 6.07) is 4.30. The van der Waals surface area contributed by atoms with E-state index < -0.39 is 6.04 Å².